The molecule has 6 heteroatoms. The first kappa shape index (κ1) is 19.1. The quantitative estimate of drug-likeness (QED) is 0.709. The molecule has 2 saturated heterocycles. The van der Waals surface area contributed by atoms with Gasteiger partial charge in [-0.1, -0.05) is 27.7 Å². The molecular formula is C17H32O6. The van der Waals surface area contributed by atoms with Gasteiger partial charge in [0.15, 0.2) is 6.29 Å². The average Bonchev–Trinajstić information content (AvgIpc) is 2.55. The predicted octanol–water partition coefficient (Wildman–Crippen LogP) is 0.916. The van der Waals surface area contributed by atoms with Gasteiger partial charge in [0.05, 0.1) is 31.0 Å². The van der Waals surface area contributed by atoms with Gasteiger partial charge in [-0.25, -0.2) is 0 Å². The van der Waals surface area contributed by atoms with Gasteiger partial charge in [-0.3, -0.25) is 0 Å². The summed E-state index contributed by atoms with van der Waals surface area (Å²) in [4.78, 5) is 0. The van der Waals surface area contributed by atoms with Crippen molar-refractivity contribution in [2.75, 3.05) is 6.61 Å². The minimum absolute atomic E-state index is 0.0540. The summed E-state index contributed by atoms with van der Waals surface area (Å²) in [5.41, 5.74) is 0. The van der Waals surface area contributed by atoms with Crippen LogP contribution in [0.5, 0.6) is 0 Å². The Hall–Kier alpha value is -0.240. The molecule has 3 N–H and O–H groups in total. The smallest absolute Gasteiger partial charge is 0.184 e. The maximum Gasteiger partial charge on any atom is 0.184 e. The number of hydrogen-bond acceptors (Lipinski definition) is 6. The average molecular weight is 332 g/mol. The standard InChI is InChI=1S/C17H32O6/c1-6-12-16(9(3)8(2)11(5)21-12)23-17-15(20)10(4)14(19)13(7-18)22-17/h8-20H,6-7H2,1-5H3/t8?,9?,10-,11-,12-,13?,14-,15?,16+,17+/m1/s1. The highest BCUT2D eigenvalue weighted by atomic mass is 16.7. The largest absolute Gasteiger partial charge is 0.394 e. The molecule has 0 bridgehead atoms. The summed E-state index contributed by atoms with van der Waals surface area (Å²) in [5.74, 6) is 0.163. The molecule has 0 aromatic heterocycles. The van der Waals surface area contributed by atoms with Gasteiger partial charge in [-0.15, -0.1) is 0 Å². The molecule has 2 rings (SSSR count). The van der Waals surface area contributed by atoms with Crippen molar-refractivity contribution in [1.82, 2.24) is 0 Å². The van der Waals surface area contributed by atoms with Gasteiger partial charge in [0.2, 0.25) is 0 Å². The van der Waals surface area contributed by atoms with Crippen molar-refractivity contribution in [2.24, 2.45) is 17.8 Å². The fourth-order valence-electron chi connectivity index (χ4n) is 3.62. The van der Waals surface area contributed by atoms with Crippen molar-refractivity contribution in [1.29, 1.82) is 0 Å². The highest BCUT2D eigenvalue weighted by molar-refractivity contribution is 4.91. The number of aliphatic hydroxyl groups excluding tert-OH is 3. The molecule has 4 unspecified atom stereocenters. The van der Waals surface area contributed by atoms with Crippen molar-refractivity contribution in [3.05, 3.63) is 0 Å². The molecule has 0 spiro atoms. The second kappa shape index (κ2) is 7.76. The highest BCUT2D eigenvalue weighted by Crippen LogP contribution is 2.36. The van der Waals surface area contributed by atoms with Gasteiger partial charge in [0.25, 0.3) is 0 Å². The molecule has 136 valence electrons. The fourth-order valence-corrected chi connectivity index (χ4v) is 3.62. The number of rotatable bonds is 4. The summed E-state index contributed by atoms with van der Waals surface area (Å²) in [7, 11) is 0. The van der Waals surface area contributed by atoms with E-state index in [-0.39, 0.29) is 30.8 Å². The van der Waals surface area contributed by atoms with Crippen LogP contribution in [0.3, 0.4) is 0 Å². The fraction of sp³-hybridized carbons (Fsp3) is 1.00. The number of hydrogen-bond donors (Lipinski definition) is 3. The zero-order valence-corrected chi connectivity index (χ0v) is 14.8. The van der Waals surface area contributed by atoms with Crippen LogP contribution in [0.4, 0.5) is 0 Å². The monoisotopic (exact) mass is 332 g/mol. The molecule has 0 radical (unpaired) electrons. The first-order valence-electron chi connectivity index (χ1n) is 8.75. The Morgan fingerprint density at radius 1 is 0.870 bits per heavy atom. The Morgan fingerprint density at radius 3 is 2.09 bits per heavy atom. The van der Waals surface area contributed by atoms with Crippen LogP contribution < -0.4 is 0 Å². The molecule has 0 aromatic rings. The van der Waals surface area contributed by atoms with E-state index in [9.17, 15) is 15.3 Å². The van der Waals surface area contributed by atoms with E-state index < -0.39 is 30.5 Å². The zero-order valence-electron chi connectivity index (χ0n) is 14.8. The van der Waals surface area contributed by atoms with Gasteiger partial charge >= 0.3 is 0 Å². The van der Waals surface area contributed by atoms with E-state index in [0.29, 0.717) is 5.92 Å². The van der Waals surface area contributed by atoms with E-state index in [2.05, 4.69) is 27.7 Å². The topological polar surface area (TPSA) is 88.4 Å². The molecule has 0 amide bonds. The molecule has 0 aromatic carbocycles. The van der Waals surface area contributed by atoms with E-state index in [1.807, 2.05) is 0 Å². The van der Waals surface area contributed by atoms with Crippen LogP contribution in [-0.4, -0.2) is 64.8 Å². The minimum atomic E-state index is -0.938. The third kappa shape index (κ3) is 3.72. The summed E-state index contributed by atoms with van der Waals surface area (Å²) in [6, 6.07) is 0. The normalized spacial score (nSPS) is 51.7. The summed E-state index contributed by atoms with van der Waals surface area (Å²) >= 11 is 0. The first-order chi connectivity index (χ1) is 10.8. The first-order valence-corrected chi connectivity index (χ1v) is 8.75. The van der Waals surface area contributed by atoms with Crippen molar-refractivity contribution in [3.8, 4) is 0 Å². The van der Waals surface area contributed by atoms with E-state index in [0.717, 1.165) is 6.42 Å². The van der Waals surface area contributed by atoms with Crippen LogP contribution in [0.25, 0.3) is 0 Å². The van der Waals surface area contributed by atoms with Crippen LogP contribution in [0, 0.1) is 17.8 Å². The lowest BCUT2D eigenvalue weighted by molar-refractivity contribution is -0.323. The van der Waals surface area contributed by atoms with Gasteiger partial charge in [0, 0.05) is 5.92 Å². The molecule has 6 nitrogen and oxygen atoms in total. The Bertz CT molecular complexity index is 374. The second-order valence-electron chi connectivity index (χ2n) is 7.17. The van der Waals surface area contributed by atoms with E-state index in [4.69, 9.17) is 14.2 Å². The van der Waals surface area contributed by atoms with Crippen molar-refractivity contribution in [2.45, 2.75) is 84.0 Å². The van der Waals surface area contributed by atoms with Crippen LogP contribution in [-0.2, 0) is 14.2 Å². The molecule has 0 saturated carbocycles. The lowest BCUT2D eigenvalue weighted by Gasteiger charge is -2.47. The third-order valence-corrected chi connectivity index (χ3v) is 5.76. The molecular weight excluding hydrogens is 300 g/mol. The van der Waals surface area contributed by atoms with Gasteiger partial charge in [-0.2, -0.15) is 0 Å². The minimum Gasteiger partial charge on any atom is -0.394 e. The van der Waals surface area contributed by atoms with Crippen LogP contribution in [0.15, 0.2) is 0 Å². The molecule has 2 aliphatic rings. The summed E-state index contributed by atoms with van der Waals surface area (Å²) in [6.07, 6.45) is -2.71. The van der Waals surface area contributed by atoms with Gasteiger partial charge < -0.3 is 29.5 Å². The van der Waals surface area contributed by atoms with Gasteiger partial charge in [0.1, 0.15) is 12.2 Å². The van der Waals surface area contributed by atoms with Crippen LogP contribution >= 0.6 is 0 Å². The predicted molar refractivity (Wildman–Crippen MR) is 84.8 cm³/mol. The lowest BCUT2D eigenvalue weighted by Crippen LogP contribution is -2.58. The lowest BCUT2D eigenvalue weighted by atomic mass is 9.81. The van der Waals surface area contributed by atoms with E-state index >= 15 is 0 Å². The van der Waals surface area contributed by atoms with E-state index in [1.165, 1.54) is 0 Å². The molecule has 2 heterocycles. The van der Waals surface area contributed by atoms with Crippen molar-refractivity contribution < 1.29 is 29.5 Å². The van der Waals surface area contributed by atoms with Crippen molar-refractivity contribution in [3.63, 3.8) is 0 Å². The Balaban J connectivity index is 2.11. The Labute approximate surface area is 138 Å². The maximum absolute atomic E-state index is 10.4. The summed E-state index contributed by atoms with van der Waals surface area (Å²) < 4.78 is 17.8. The molecule has 23 heavy (non-hydrogen) atoms. The highest BCUT2D eigenvalue weighted by Gasteiger charge is 2.46. The van der Waals surface area contributed by atoms with Crippen molar-refractivity contribution >= 4 is 0 Å². The van der Waals surface area contributed by atoms with Crippen LogP contribution in [0.1, 0.15) is 41.0 Å². The summed E-state index contributed by atoms with van der Waals surface area (Å²) in [5, 5.41) is 29.8. The second-order valence-corrected chi connectivity index (χ2v) is 7.17. The number of ether oxygens (including phenoxy) is 3. The molecule has 0 aliphatic carbocycles. The Kier molecular flexibility index (Phi) is 6.44. The summed E-state index contributed by atoms with van der Waals surface area (Å²) in [6.45, 7) is 9.83. The third-order valence-electron chi connectivity index (χ3n) is 5.76. The number of aliphatic hydroxyl groups is 3. The molecule has 10 atom stereocenters. The van der Waals surface area contributed by atoms with Gasteiger partial charge in [-0.05, 0) is 25.2 Å². The molecule has 2 fully saturated rings. The SMILES string of the molecule is CC[C@H]1O[C@H](C)C(C)C(C)[C@@H]1O[C@@H]1OC(CO)[C@H](O)[C@@H](C)C1O. The Morgan fingerprint density at radius 2 is 1.52 bits per heavy atom. The molecule has 2 aliphatic heterocycles. The van der Waals surface area contributed by atoms with E-state index in [1.54, 1.807) is 6.92 Å². The van der Waals surface area contributed by atoms with Crippen LogP contribution in [0.2, 0.25) is 0 Å². The zero-order chi connectivity index (χ0) is 17.3. The maximum atomic E-state index is 10.4.